The molecule has 0 bridgehead atoms. The zero-order valence-corrected chi connectivity index (χ0v) is 11.0. The highest BCUT2D eigenvalue weighted by Crippen LogP contribution is 2.31. The Bertz CT molecular complexity index is 387. The van der Waals surface area contributed by atoms with Gasteiger partial charge in [0.25, 0.3) is 0 Å². The first kappa shape index (κ1) is 12.9. The van der Waals surface area contributed by atoms with Crippen LogP contribution in [0.2, 0.25) is 10.3 Å². The minimum absolute atomic E-state index is 0.186. The van der Waals surface area contributed by atoms with Gasteiger partial charge >= 0.3 is 0 Å². The molecule has 1 aliphatic rings. The number of aliphatic hydroxyl groups excluding tert-OH is 1. The van der Waals surface area contributed by atoms with Gasteiger partial charge in [0.05, 0.1) is 5.69 Å². The molecule has 1 aliphatic heterocycles. The Morgan fingerprint density at radius 2 is 2.18 bits per heavy atom. The minimum atomic E-state index is 0.186. The van der Waals surface area contributed by atoms with E-state index in [9.17, 15) is 0 Å². The van der Waals surface area contributed by atoms with Crippen LogP contribution >= 0.6 is 23.2 Å². The molecule has 17 heavy (non-hydrogen) atoms. The van der Waals surface area contributed by atoms with Crippen LogP contribution in [0.25, 0.3) is 0 Å². The number of piperidine rings is 1. The van der Waals surface area contributed by atoms with Crippen LogP contribution in [0.15, 0.2) is 6.07 Å². The zero-order chi connectivity index (χ0) is 12.3. The molecule has 6 heteroatoms. The topological polar surface area (TPSA) is 49.2 Å². The van der Waals surface area contributed by atoms with Crippen LogP contribution in [0, 0.1) is 0 Å². The maximum absolute atomic E-state index is 9.09. The quantitative estimate of drug-likeness (QED) is 0.921. The van der Waals surface area contributed by atoms with E-state index in [1.165, 1.54) is 6.42 Å². The zero-order valence-electron chi connectivity index (χ0n) is 9.44. The number of hydrogen-bond donors (Lipinski definition) is 1. The molecule has 2 rings (SSSR count). The molecule has 0 spiro atoms. The molecular formula is C11H15Cl2N3O. The van der Waals surface area contributed by atoms with Gasteiger partial charge in [-0.05, 0) is 25.7 Å². The Morgan fingerprint density at radius 1 is 1.35 bits per heavy atom. The minimum Gasteiger partial charge on any atom is -0.396 e. The van der Waals surface area contributed by atoms with Crippen molar-refractivity contribution in [1.82, 2.24) is 10.2 Å². The van der Waals surface area contributed by atoms with E-state index in [0.717, 1.165) is 31.5 Å². The van der Waals surface area contributed by atoms with Crippen molar-refractivity contribution in [3.8, 4) is 0 Å². The number of nitrogens with zero attached hydrogens (tertiary/aromatic N) is 3. The second kappa shape index (κ2) is 5.85. The molecule has 1 N–H and O–H groups in total. The van der Waals surface area contributed by atoms with E-state index in [-0.39, 0.29) is 6.61 Å². The molecule has 0 radical (unpaired) electrons. The Morgan fingerprint density at radius 3 is 2.94 bits per heavy atom. The molecule has 0 aromatic carbocycles. The van der Waals surface area contributed by atoms with Crippen molar-refractivity contribution in [1.29, 1.82) is 0 Å². The summed E-state index contributed by atoms with van der Waals surface area (Å²) in [5.74, 6) is 0. The van der Waals surface area contributed by atoms with E-state index in [2.05, 4.69) is 15.1 Å². The summed E-state index contributed by atoms with van der Waals surface area (Å²) < 4.78 is 0. The van der Waals surface area contributed by atoms with Gasteiger partial charge in [0.1, 0.15) is 0 Å². The second-order valence-electron chi connectivity index (χ2n) is 4.20. The predicted molar refractivity (Wildman–Crippen MR) is 68.7 cm³/mol. The van der Waals surface area contributed by atoms with Crippen LogP contribution in [-0.4, -0.2) is 34.5 Å². The lowest BCUT2D eigenvalue weighted by molar-refractivity contribution is 0.262. The largest absolute Gasteiger partial charge is 0.396 e. The van der Waals surface area contributed by atoms with E-state index in [0.29, 0.717) is 16.3 Å². The van der Waals surface area contributed by atoms with Crippen molar-refractivity contribution in [2.75, 3.05) is 18.1 Å². The Balaban J connectivity index is 2.25. The van der Waals surface area contributed by atoms with Gasteiger partial charge in [0.15, 0.2) is 10.3 Å². The van der Waals surface area contributed by atoms with Crippen molar-refractivity contribution in [3.63, 3.8) is 0 Å². The van der Waals surface area contributed by atoms with Crippen molar-refractivity contribution in [2.24, 2.45) is 0 Å². The van der Waals surface area contributed by atoms with E-state index >= 15 is 0 Å². The molecular weight excluding hydrogens is 261 g/mol. The van der Waals surface area contributed by atoms with Crippen LogP contribution in [0.3, 0.4) is 0 Å². The van der Waals surface area contributed by atoms with Gasteiger partial charge in [-0.2, -0.15) is 0 Å². The SMILES string of the molecule is OCCC1CCCCN1c1cc(Cl)nnc1Cl. The molecule has 1 unspecified atom stereocenters. The van der Waals surface area contributed by atoms with E-state index in [1.54, 1.807) is 6.07 Å². The van der Waals surface area contributed by atoms with E-state index in [4.69, 9.17) is 28.3 Å². The number of halogens is 2. The van der Waals surface area contributed by atoms with E-state index in [1.807, 2.05) is 0 Å². The molecule has 1 aromatic rings. The Kier molecular flexibility index (Phi) is 4.42. The molecule has 2 heterocycles. The molecule has 0 aliphatic carbocycles. The molecule has 0 saturated carbocycles. The first-order chi connectivity index (χ1) is 8.22. The average Bonchev–Trinajstić information content (AvgIpc) is 2.34. The van der Waals surface area contributed by atoms with Gasteiger partial charge in [0.2, 0.25) is 0 Å². The van der Waals surface area contributed by atoms with Crippen LogP contribution in [0.1, 0.15) is 25.7 Å². The summed E-state index contributed by atoms with van der Waals surface area (Å²) in [6.45, 7) is 1.11. The fraction of sp³-hybridized carbons (Fsp3) is 0.636. The number of rotatable bonds is 3. The number of hydrogen-bond acceptors (Lipinski definition) is 4. The summed E-state index contributed by atoms with van der Waals surface area (Å²) in [7, 11) is 0. The van der Waals surface area contributed by atoms with Gasteiger partial charge in [-0.1, -0.05) is 23.2 Å². The maximum atomic E-state index is 9.09. The van der Waals surface area contributed by atoms with Crippen LogP contribution in [-0.2, 0) is 0 Å². The lowest BCUT2D eigenvalue weighted by Crippen LogP contribution is -2.40. The standard InChI is InChI=1S/C11H15Cl2N3O/c12-10-7-9(11(13)15-14-10)16-5-2-1-3-8(16)4-6-17/h7-8,17H,1-6H2. The Labute approximate surface area is 111 Å². The normalized spacial score (nSPS) is 20.6. The maximum Gasteiger partial charge on any atom is 0.175 e. The fourth-order valence-corrected chi connectivity index (χ4v) is 2.65. The van der Waals surface area contributed by atoms with Crippen LogP contribution in [0.4, 0.5) is 5.69 Å². The second-order valence-corrected chi connectivity index (χ2v) is 4.94. The average molecular weight is 276 g/mol. The summed E-state index contributed by atoms with van der Waals surface area (Å²) in [4.78, 5) is 2.18. The summed E-state index contributed by atoms with van der Waals surface area (Å²) in [5, 5.41) is 17.4. The van der Waals surface area contributed by atoms with Crippen LogP contribution in [0.5, 0.6) is 0 Å². The third kappa shape index (κ3) is 3.00. The number of aliphatic hydroxyl groups is 1. The molecule has 4 nitrogen and oxygen atoms in total. The summed E-state index contributed by atoms with van der Waals surface area (Å²) >= 11 is 11.9. The fourth-order valence-electron chi connectivity index (χ4n) is 2.31. The highest BCUT2D eigenvalue weighted by Gasteiger charge is 2.24. The highest BCUT2D eigenvalue weighted by molar-refractivity contribution is 6.33. The van der Waals surface area contributed by atoms with Gasteiger partial charge in [-0.3, -0.25) is 0 Å². The lowest BCUT2D eigenvalue weighted by atomic mass is 9.99. The number of anilines is 1. The molecule has 1 fully saturated rings. The summed E-state index contributed by atoms with van der Waals surface area (Å²) in [5.41, 5.74) is 0.824. The van der Waals surface area contributed by atoms with Gasteiger partial charge in [-0.25, -0.2) is 0 Å². The van der Waals surface area contributed by atoms with Gasteiger partial charge in [-0.15, -0.1) is 10.2 Å². The van der Waals surface area contributed by atoms with Crippen molar-refractivity contribution in [2.45, 2.75) is 31.7 Å². The van der Waals surface area contributed by atoms with Crippen LogP contribution < -0.4 is 4.90 Å². The van der Waals surface area contributed by atoms with Crippen molar-refractivity contribution < 1.29 is 5.11 Å². The van der Waals surface area contributed by atoms with Crippen molar-refractivity contribution >= 4 is 28.9 Å². The monoisotopic (exact) mass is 275 g/mol. The van der Waals surface area contributed by atoms with Crippen molar-refractivity contribution in [3.05, 3.63) is 16.4 Å². The molecule has 1 saturated heterocycles. The molecule has 1 atom stereocenters. The third-order valence-corrected chi connectivity index (χ3v) is 3.55. The number of aromatic nitrogens is 2. The first-order valence-electron chi connectivity index (χ1n) is 5.78. The first-order valence-corrected chi connectivity index (χ1v) is 6.54. The van der Waals surface area contributed by atoms with E-state index < -0.39 is 0 Å². The smallest absolute Gasteiger partial charge is 0.175 e. The summed E-state index contributed by atoms with van der Waals surface area (Å²) in [6.07, 6.45) is 4.12. The third-order valence-electron chi connectivity index (χ3n) is 3.10. The predicted octanol–water partition coefficient (Wildman–Crippen LogP) is 2.52. The van der Waals surface area contributed by atoms with Gasteiger partial charge < -0.3 is 10.0 Å². The Hall–Kier alpha value is -0.580. The summed E-state index contributed by atoms with van der Waals surface area (Å²) in [6, 6.07) is 2.05. The molecule has 94 valence electrons. The molecule has 0 amide bonds. The highest BCUT2D eigenvalue weighted by atomic mass is 35.5. The lowest BCUT2D eigenvalue weighted by Gasteiger charge is -2.37. The molecule has 1 aromatic heterocycles. The van der Waals surface area contributed by atoms with Gasteiger partial charge in [0, 0.05) is 25.3 Å².